The van der Waals surface area contributed by atoms with Crippen LogP contribution in [-0.2, 0) is 26.1 Å². The molecule has 1 atom stereocenters. The Bertz CT molecular complexity index is 690. The molecule has 0 N–H and O–H groups in total. The molecule has 1 aromatic heterocycles. The third kappa shape index (κ3) is 3.67. The number of pyridine rings is 1. The van der Waals surface area contributed by atoms with Gasteiger partial charge < -0.3 is 9.47 Å². The molecule has 0 saturated carbocycles. The van der Waals surface area contributed by atoms with Crippen molar-refractivity contribution in [3.05, 3.63) is 30.1 Å². The van der Waals surface area contributed by atoms with Crippen LogP contribution in [0.25, 0.3) is 0 Å². The zero-order chi connectivity index (χ0) is 18.1. The lowest BCUT2D eigenvalue weighted by Gasteiger charge is -2.49. The van der Waals surface area contributed by atoms with Gasteiger partial charge in [-0.15, -0.1) is 0 Å². The Hall–Kier alpha value is -1.23. The highest BCUT2D eigenvalue weighted by molar-refractivity contribution is 7.90. The standard InChI is InChI=1S/C15H19F3N2O4S/c16-15(17,18)25(21,22)20-10-14(11-20)13(4-8-24-14)3-7-23-9-12-1-5-19-6-2-12/h1-2,5-6,13H,3-4,7-11H2/t13-/m0/s1. The number of hydrogen-bond acceptors (Lipinski definition) is 5. The summed E-state index contributed by atoms with van der Waals surface area (Å²) in [6.45, 7) is 0.796. The first-order chi connectivity index (χ1) is 11.7. The molecule has 0 aromatic carbocycles. The maximum atomic E-state index is 12.6. The average Bonchev–Trinajstić information content (AvgIpc) is 2.94. The predicted octanol–water partition coefficient (Wildman–Crippen LogP) is 1.93. The first-order valence-corrected chi connectivity index (χ1v) is 9.36. The highest BCUT2D eigenvalue weighted by atomic mass is 32.2. The molecule has 1 aromatic rings. The van der Waals surface area contributed by atoms with E-state index in [1.54, 1.807) is 12.4 Å². The van der Waals surface area contributed by atoms with E-state index in [1.165, 1.54) is 0 Å². The number of sulfonamides is 1. The first kappa shape index (κ1) is 18.6. The van der Waals surface area contributed by atoms with Gasteiger partial charge in [-0.1, -0.05) is 0 Å². The summed E-state index contributed by atoms with van der Waals surface area (Å²) in [4.78, 5) is 3.91. The van der Waals surface area contributed by atoms with Crippen molar-refractivity contribution in [2.75, 3.05) is 26.3 Å². The quantitative estimate of drug-likeness (QED) is 0.706. The lowest BCUT2D eigenvalue weighted by Crippen LogP contribution is -2.67. The third-order valence-electron chi connectivity index (χ3n) is 4.75. The van der Waals surface area contributed by atoms with E-state index in [4.69, 9.17) is 9.47 Å². The largest absolute Gasteiger partial charge is 0.511 e. The molecule has 0 unspecified atom stereocenters. The molecule has 0 aliphatic carbocycles. The average molecular weight is 380 g/mol. The van der Waals surface area contributed by atoms with E-state index in [9.17, 15) is 21.6 Å². The van der Waals surface area contributed by atoms with Crippen LogP contribution >= 0.6 is 0 Å². The van der Waals surface area contributed by atoms with Gasteiger partial charge in [0.1, 0.15) is 0 Å². The van der Waals surface area contributed by atoms with Crippen molar-refractivity contribution in [2.24, 2.45) is 5.92 Å². The minimum Gasteiger partial charge on any atom is -0.377 e. The Kier molecular flexibility index (Phi) is 5.06. The second kappa shape index (κ2) is 6.82. The van der Waals surface area contributed by atoms with Crippen molar-refractivity contribution >= 4 is 10.0 Å². The monoisotopic (exact) mass is 380 g/mol. The van der Waals surface area contributed by atoms with Crippen LogP contribution in [0.4, 0.5) is 13.2 Å². The summed E-state index contributed by atoms with van der Waals surface area (Å²) >= 11 is 0. The molecule has 0 amide bonds. The van der Waals surface area contributed by atoms with Crippen molar-refractivity contribution in [3.63, 3.8) is 0 Å². The zero-order valence-corrected chi connectivity index (χ0v) is 14.2. The minimum atomic E-state index is -5.27. The summed E-state index contributed by atoms with van der Waals surface area (Å²) in [5, 5.41) is 0. The predicted molar refractivity (Wildman–Crippen MR) is 81.8 cm³/mol. The lowest BCUT2D eigenvalue weighted by molar-refractivity contribution is -0.115. The SMILES string of the molecule is O=S(=O)(N1CC2(C1)OCC[C@@H]2CCOCc1ccncc1)C(F)(F)F. The number of rotatable bonds is 6. The highest BCUT2D eigenvalue weighted by Crippen LogP contribution is 2.44. The fraction of sp³-hybridized carbons (Fsp3) is 0.667. The Morgan fingerprint density at radius 3 is 2.64 bits per heavy atom. The molecule has 25 heavy (non-hydrogen) atoms. The molecule has 10 heteroatoms. The van der Waals surface area contributed by atoms with Gasteiger partial charge in [0, 0.05) is 38.7 Å². The summed E-state index contributed by atoms with van der Waals surface area (Å²) in [5.74, 6) is -0.00961. The fourth-order valence-electron chi connectivity index (χ4n) is 3.30. The van der Waals surface area contributed by atoms with Gasteiger partial charge in [-0.3, -0.25) is 4.98 Å². The number of ether oxygens (including phenoxy) is 2. The van der Waals surface area contributed by atoms with Gasteiger partial charge in [-0.05, 0) is 36.5 Å². The summed E-state index contributed by atoms with van der Waals surface area (Å²) in [6.07, 6.45) is 4.65. The Balaban J connectivity index is 1.49. The van der Waals surface area contributed by atoms with Crippen LogP contribution in [-0.4, -0.2) is 55.1 Å². The second-order valence-corrected chi connectivity index (χ2v) is 8.24. The van der Waals surface area contributed by atoms with Crippen LogP contribution in [0.5, 0.6) is 0 Å². The molecule has 2 aliphatic rings. The number of aromatic nitrogens is 1. The topological polar surface area (TPSA) is 68.7 Å². The van der Waals surface area contributed by atoms with Crippen molar-refractivity contribution in [1.82, 2.24) is 9.29 Å². The van der Waals surface area contributed by atoms with Crippen LogP contribution < -0.4 is 0 Å². The number of halogens is 3. The zero-order valence-electron chi connectivity index (χ0n) is 13.4. The van der Waals surface area contributed by atoms with Crippen molar-refractivity contribution < 1.29 is 31.1 Å². The van der Waals surface area contributed by atoms with Crippen molar-refractivity contribution in [2.45, 2.75) is 30.6 Å². The van der Waals surface area contributed by atoms with Gasteiger partial charge in [-0.2, -0.15) is 17.5 Å². The van der Waals surface area contributed by atoms with E-state index >= 15 is 0 Å². The number of hydrogen-bond donors (Lipinski definition) is 0. The van der Waals surface area contributed by atoms with Gasteiger partial charge in [0.05, 0.1) is 12.2 Å². The molecule has 2 saturated heterocycles. The van der Waals surface area contributed by atoms with E-state index in [1.807, 2.05) is 12.1 Å². The Morgan fingerprint density at radius 2 is 2.00 bits per heavy atom. The van der Waals surface area contributed by atoms with E-state index in [0.717, 1.165) is 5.56 Å². The van der Waals surface area contributed by atoms with Gasteiger partial charge in [0.15, 0.2) is 0 Å². The summed E-state index contributed by atoms with van der Waals surface area (Å²) in [5.41, 5.74) is -5.09. The third-order valence-corrected chi connectivity index (χ3v) is 6.27. The molecular weight excluding hydrogens is 361 g/mol. The van der Waals surface area contributed by atoms with Crippen molar-refractivity contribution in [1.29, 1.82) is 0 Å². The van der Waals surface area contributed by atoms with Crippen LogP contribution in [0, 0.1) is 5.92 Å². The minimum absolute atomic E-state index is 0.00961. The molecule has 3 heterocycles. The molecule has 2 aliphatic heterocycles. The molecule has 0 radical (unpaired) electrons. The maximum Gasteiger partial charge on any atom is 0.511 e. The van der Waals surface area contributed by atoms with E-state index in [-0.39, 0.29) is 19.0 Å². The number of alkyl halides is 3. The summed E-state index contributed by atoms with van der Waals surface area (Å²) < 4.78 is 72.3. The molecule has 3 rings (SSSR count). The fourth-order valence-corrected chi connectivity index (χ4v) is 4.37. The van der Waals surface area contributed by atoms with Gasteiger partial charge >= 0.3 is 15.5 Å². The maximum absolute atomic E-state index is 12.6. The molecule has 6 nitrogen and oxygen atoms in total. The number of nitrogens with zero attached hydrogens (tertiary/aromatic N) is 2. The smallest absolute Gasteiger partial charge is 0.377 e. The van der Waals surface area contributed by atoms with Gasteiger partial charge in [0.2, 0.25) is 0 Å². The normalized spacial score (nSPS) is 23.7. The molecule has 140 valence electrons. The highest BCUT2D eigenvalue weighted by Gasteiger charge is 2.61. The Morgan fingerprint density at radius 1 is 1.32 bits per heavy atom. The first-order valence-electron chi connectivity index (χ1n) is 7.92. The van der Waals surface area contributed by atoms with Crippen LogP contribution in [0.2, 0.25) is 0 Å². The molecule has 2 fully saturated rings. The van der Waals surface area contributed by atoms with Crippen LogP contribution in [0.15, 0.2) is 24.5 Å². The summed E-state index contributed by atoms with van der Waals surface area (Å²) in [7, 11) is -5.27. The van der Waals surface area contributed by atoms with E-state index in [2.05, 4.69) is 4.98 Å². The van der Waals surface area contributed by atoms with E-state index < -0.39 is 21.1 Å². The second-order valence-electron chi connectivity index (χ2n) is 6.31. The van der Waals surface area contributed by atoms with Crippen molar-refractivity contribution in [3.8, 4) is 0 Å². The summed E-state index contributed by atoms with van der Waals surface area (Å²) in [6, 6.07) is 3.68. The van der Waals surface area contributed by atoms with Gasteiger partial charge in [0.25, 0.3) is 0 Å². The lowest BCUT2D eigenvalue weighted by atomic mass is 9.80. The van der Waals surface area contributed by atoms with Crippen LogP contribution in [0.1, 0.15) is 18.4 Å². The van der Waals surface area contributed by atoms with Crippen LogP contribution in [0.3, 0.4) is 0 Å². The molecular formula is C15H19F3N2O4S. The molecule has 1 spiro atoms. The molecule has 0 bridgehead atoms. The van der Waals surface area contributed by atoms with E-state index in [0.29, 0.717) is 37.0 Å². The Labute approximate surface area is 144 Å². The van der Waals surface area contributed by atoms with Gasteiger partial charge in [-0.25, -0.2) is 8.42 Å².